The Hall–Kier alpha value is -1.03. The Morgan fingerprint density at radius 2 is 2.29 bits per heavy atom. The summed E-state index contributed by atoms with van der Waals surface area (Å²) in [5, 5.41) is 0. The number of amides is 1. The lowest BCUT2D eigenvalue weighted by Gasteiger charge is -2.24. The van der Waals surface area contributed by atoms with Gasteiger partial charge >= 0.3 is 0 Å². The van der Waals surface area contributed by atoms with Crippen molar-refractivity contribution < 1.29 is 9.18 Å². The van der Waals surface area contributed by atoms with Crippen molar-refractivity contribution in [3.05, 3.63) is 35.1 Å². The maximum absolute atomic E-state index is 13.7. The fourth-order valence-electron chi connectivity index (χ4n) is 1.98. The Bertz CT molecular complexity index is 429. The van der Waals surface area contributed by atoms with Crippen LogP contribution in [0.3, 0.4) is 0 Å². The predicted molar refractivity (Wildman–Crippen MR) is 69.0 cm³/mol. The molecular weight excluding hydrogens is 237 g/mol. The Kier molecular flexibility index (Phi) is 3.72. The second kappa shape index (κ2) is 5.08. The van der Waals surface area contributed by atoms with Gasteiger partial charge in [0.1, 0.15) is 5.82 Å². The zero-order valence-corrected chi connectivity index (χ0v) is 10.9. The van der Waals surface area contributed by atoms with Crippen molar-refractivity contribution in [2.75, 3.05) is 18.6 Å². The summed E-state index contributed by atoms with van der Waals surface area (Å²) in [4.78, 5) is 13.8. The summed E-state index contributed by atoms with van der Waals surface area (Å²) in [5.41, 5.74) is 1.01. The molecular formula is C13H16FNOS. The number of aryl methyl sites for hydroxylation is 1. The fourth-order valence-corrected chi connectivity index (χ4v) is 3.24. The zero-order valence-electron chi connectivity index (χ0n) is 10.1. The van der Waals surface area contributed by atoms with Crippen molar-refractivity contribution in [2.24, 2.45) is 0 Å². The lowest BCUT2D eigenvalue weighted by molar-refractivity contribution is 0.0743. The summed E-state index contributed by atoms with van der Waals surface area (Å²) in [6, 6.07) is 5.00. The van der Waals surface area contributed by atoms with Gasteiger partial charge in [-0.1, -0.05) is 6.07 Å². The van der Waals surface area contributed by atoms with E-state index >= 15 is 0 Å². The van der Waals surface area contributed by atoms with E-state index in [1.807, 2.05) is 18.7 Å². The highest BCUT2D eigenvalue weighted by Crippen LogP contribution is 2.23. The predicted octanol–water partition coefficient (Wildman–Crippen LogP) is 2.71. The third kappa shape index (κ3) is 2.63. The van der Waals surface area contributed by atoms with Crippen LogP contribution in [0.4, 0.5) is 4.39 Å². The average Bonchev–Trinajstić information content (AvgIpc) is 2.80. The van der Waals surface area contributed by atoms with Crippen LogP contribution in [0.5, 0.6) is 0 Å². The van der Waals surface area contributed by atoms with Crippen LogP contribution in [-0.2, 0) is 0 Å². The van der Waals surface area contributed by atoms with Gasteiger partial charge in [-0.05, 0) is 36.8 Å². The molecule has 0 bridgehead atoms. The normalized spacial score (nSPS) is 19.4. The van der Waals surface area contributed by atoms with Crippen LogP contribution >= 0.6 is 11.8 Å². The molecule has 2 nitrogen and oxygen atoms in total. The molecule has 1 fully saturated rings. The third-order valence-electron chi connectivity index (χ3n) is 3.13. The summed E-state index contributed by atoms with van der Waals surface area (Å²) in [6.07, 6.45) is 1.00. The van der Waals surface area contributed by atoms with Crippen LogP contribution in [0.2, 0.25) is 0 Å². The SMILES string of the molecule is Cc1ccc(C(=O)N(C)C2CCSC2)c(F)c1. The molecule has 1 saturated heterocycles. The van der Waals surface area contributed by atoms with E-state index in [9.17, 15) is 9.18 Å². The number of halogens is 1. The molecule has 0 saturated carbocycles. The Balaban J connectivity index is 2.18. The lowest BCUT2D eigenvalue weighted by Crippen LogP contribution is -2.37. The van der Waals surface area contributed by atoms with Crippen molar-refractivity contribution in [2.45, 2.75) is 19.4 Å². The van der Waals surface area contributed by atoms with Gasteiger partial charge in [0.05, 0.1) is 5.56 Å². The van der Waals surface area contributed by atoms with Gasteiger partial charge in [0.25, 0.3) is 5.91 Å². The maximum Gasteiger partial charge on any atom is 0.256 e. The Morgan fingerprint density at radius 1 is 1.53 bits per heavy atom. The molecule has 0 spiro atoms. The Morgan fingerprint density at radius 3 is 2.88 bits per heavy atom. The molecule has 1 atom stereocenters. The monoisotopic (exact) mass is 253 g/mol. The molecule has 1 aliphatic rings. The number of benzene rings is 1. The molecule has 4 heteroatoms. The number of carbonyl (C=O) groups excluding carboxylic acids is 1. The van der Waals surface area contributed by atoms with Crippen LogP contribution in [0.1, 0.15) is 22.3 Å². The van der Waals surface area contributed by atoms with Crippen molar-refractivity contribution in [3.63, 3.8) is 0 Å². The molecule has 1 unspecified atom stereocenters. The molecule has 2 rings (SSSR count). The van der Waals surface area contributed by atoms with Crippen LogP contribution in [0, 0.1) is 12.7 Å². The largest absolute Gasteiger partial charge is 0.338 e. The number of hydrogen-bond donors (Lipinski definition) is 0. The van der Waals surface area contributed by atoms with Crippen molar-refractivity contribution >= 4 is 17.7 Å². The first-order chi connectivity index (χ1) is 8.09. The van der Waals surface area contributed by atoms with Gasteiger partial charge in [0.15, 0.2) is 0 Å². The number of nitrogens with zero attached hydrogens (tertiary/aromatic N) is 1. The lowest BCUT2D eigenvalue weighted by atomic mass is 10.1. The van der Waals surface area contributed by atoms with Crippen LogP contribution in [0.15, 0.2) is 18.2 Å². The topological polar surface area (TPSA) is 20.3 Å². The van der Waals surface area contributed by atoms with Crippen molar-refractivity contribution in [1.82, 2.24) is 4.90 Å². The summed E-state index contributed by atoms with van der Waals surface area (Å²) in [6.45, 7) is 1.81. The van der Waals surface area contributed by atoms with E-state index in [2.05, 4.69) is 0 Å². The Labute approximate surface area is 105 Å². The minimum atomic E-state index is -0.424. The van der Waals surface area contributed by atoms with Gasteiger partial charge in [0.2, 0.25) is 0 Å². The summed E-state index contributed by atoms with van der Waals surface area (Å²) in [5.74, 6) is 1.40. The second-order valence-electron chi connectivity index (χ2n) is 4.42. The zero-order chi connectivity index (χ0) is 12.4. The third-order valence-corrected chi connectivity index (χ3v) is 4.27. The summed E-state index contributed by atoms with van der Waals surface area (Å²) >= 11 is 1.84. The van der Waals surface area contributed by atoms with E-state index in [-0.39, 0.29) is 17.5 Å². The molecule has 1 aromatic carbocycles. The summed E-state index contributed by atoms with van der Waals surface area (Å²) in [7, 11) is 1.76. The molecule has 0 aliphatic carbocycles. The van der Waals surface area contributed by atoms with Gasteiger partial charge in [0, 0.05) is 18.8 Å². The van der Waals surface area contributed by atoms with E-state index in [1.54, 1.807) is 24.1 Å². The van der Waals surface area contributed by atoms with E-state index in [0.717, 1.165) is 23.5 Å². The van der Waals surface area contributed by atoms with E-state index in [0.29, 0.717) is 0 Å². The highest BCUT2D eigenvalue weighted by atomic mass is 32.2. The molecule has 0 aromatic heterocycles. The molecule has 17 heavy (non-hydrogen) atoms. The molecule has 1 aromatic rings. The number of rotatable bonds is 2. The van der Waals surface area contributed by atoms with Gasteiger partial charge < -0.3 is 4.90 Å². The minimum Gasteiger partial charge on any atom is -0.338 e. The molecule has 92 valence electrons. The molecule has 0 N–H and O–H groups in total. The van der Waals surface area contributed by atoms with Crippen molar-refractivity contribution in [1.29, 1.82) is 0 Å². The number of thioether (sulfide) groups is 1. The number of carbonyl (C=O) groups is 1. The van der Waals surface area contributed by atoms with Crippen LogP contribution in [-0.4, -0.2) is 35.4 Å². The quantitative estimate of drug-likeness (QED) is 0.807. The van der Waals surface area contributed by atoms with E-state index < -0.39 is 5.82 Å². The first kappa shape index (κ1) is 12.4. The molecule has 1 amide bonds. The second-order valence-corrected chi connectivity index (χ2v) is 5.57. The van der Waals surface area contributed by atoms with Gasteiger partial charge in [-0.25, -0.2) is 4.39 Å². The maximum atomic E-state index is 13.7. The molecule has 1 aliphatic heterocycles. The highest BCUT2D eigenvalue weighted by molar-refractivity contribution is 7.99. The molecule has 1 heterocycles. The van der Waals surface area contributed by atoms with Gasteiger partial charge in [-0.2, -0.15) is 11.8 Å². The van der Waals surface area contributed by atoms with Gasteiger partial charge in [-0.3, -0.25) is 4.79 Å². The smallest absolute Gasteiger partial charge is 0.256 e. The average molecular weight is 253 g/mol. The summed E-state index contributed by atoms with van der Waals surface area (Å²) < 4.78 is 13.7. The molecule has 0 radical (unpaired) electrons. The van der Waals surface area contributed by atoms with Crippen LogP contribution in [0.25, 0.3) is 0 Å². The standard InChI is InChI=1S/C13H16FNOS/c1-9-3-4-11(12(14)7-9)13(16)15(2)10-5-6-17-8-10/h3-4,7,10H,5-6,8H2,1-2H3. The van der Waals surface area contributed by atoms with Gasteiger partial charge in [-0.15, -0.1) is 0 Å². The highest BCUT2D eigenvalue weighted by Gasteiger charge is 2.25. The first-order valence-corrected chi connectivity index (χ1v) is 6.86. The van der Waals surface area contributed by atoms with E-state index in [4.69, 9.17) is 0 Å². The number of hydrogen-bond acceptors (Lipinski definition) is 2. The van der Waals surface area contributed by atoms with Crippen molar-refractivity contribution in [3.8, 4) is 0 Å². The first-order valence-electron chi connectivity index (χ1n) is 5.70. The van der Waals surface area contributed by atoms with Crippen LogP contribution < -0.4 is 0 Å². The van der Waals surface area contributed by atoms with E-state index in [1.165, 1.54) is 6.07 Å². The minimum absolute atomic E-state index is 0.176. The fraction of sp³-hybridized carbons (Fsp3) is 0.462.